The van der Waals surface area contributed by atoms with Crippen molar-refractivity contribution in [3.05, 3.63) is 58.1 Å². The number of hydrogen-bond acceptors (Lipinski definition) is 2. The Balaban J connectivity index is 2.22. The molecule has 0 aromatic heterocycles. The number of aromatic hydroxyl groups is 1. The molecule has 0 aliphatic heterocycles. The average Bonchev–Trinajstić information content (AvgIpc) is 2.35. The molecule has 3 nitrogen and oxygen atoms in total. The molecule has 0 radical (unpaired) electrons. The molecule has 18 heavy (non-hydrogen) atoms. The van der Waals surface area contributed by atoms with Crippen molar-refractivity contribution in [2.75, 3.05) is 5.32 Å². The zero-order valence-electron chi connectivity index (χ0n) is 9.15. The number of halogens is 2. The Morgan fingerprint density at radius 1 is 1.06 bits per heavy atom. The van der Waals surface area contributed by atoms with Gasteiger partial charge in [-0.15, -0.1) is 0 Å². The fourth-order valence-electron chi connectivity index (χ4n) is 1.43. The first-order valence-electron chi connectivity index (χ1n) is 5.12. The van der Waals surface area contributed by atoms with Gasteiger partial charge in [0.2, 0.25) is 0 Å². The molecule has 5 heteroatoms. The molecule has 2 aromatic rings. The highest BCUT2D eigenvalue weighted by Gasteiger charge is 2.13. The lowest BCUT2D eigenvalue weighted by Crippen LogP contribution is -2.11. The van der Waals surface area contributed by atoms with Crippen LogP contribution in [0.1, 0.15) is 10.4 Å². The van der Waals surface area contributed by atoms with Crippen molar-refractivity contribution >= 4 is 34.8 Å². The second-order valence-corrected chi connectivity index (χ2v) is 4.44. The number of benzene rings is 2. The van der Waals surface area contributed by atoms with E-state index >= 15 is 0 Å². The predicted octanol–water partition coefficient (Wildman–Crippen LogP) is 3.95. The van der Waals surface area contributed by atoms with Crippen LogP contribution in [-0.2, 0) is 0 Å². The Hall–Kier alpha value is -1.71. The highest BCUT2D eigenvalue weighted by atomic mass is 35.5. The SMILES string of the molecule is O=C(Nc1ccc(Cl)cc1)c1cccc(Cl)c1O. The smallest absolute Gasteiger partial charge is 0.259 e. The van der Waals surface area contributed by atoms with Gasteiger partial charge in [-0.05, 0) is 36.4 Å². The summed E-state index contributed by atoms with van der Waals surface area (Å²) in [6, 6.07) is 11.3. The Morgan fingerprint density at radius 2 is 1.72 bits per heavy atom. The maximum atomic E-state index is 11.9. The normalized spacial score (nSPS) is 10.1. The van der Waals surface area contributed by atoms with E-state index in [9.17, 15) is 9.90 Å². The molecule has 0 fully saturated rings. The summed E-state index contributed by atoms with van der Waals surface area (Å²) >= 11 is 11.5. The van der Waals surface area contributed by atoms with E-state index in [0.717, 1.165) is 0 Å². The predicted molar refractivity (Wildman–Crippen MR) is 72.5 cm³/mol. The van der Waals surface area contributed by atoms with Crippen LogP contribution in [0.5, 0.6) is 5.75 Å². The summed E-state index contributed by atoms with van der Waals surface area (Å²) in [5.41, 5.74) is 0.709. The van der Waals surface area contributed by atoms with Crippen LogP contribution in [0.4, 0.5) is 5.69 Å². The van der Waals surface area contributed by atoms with Gasteiger partial charge in [-0.1, -0.05) is 29.3 Å². The molecule has 2 N–H and O–H groups in total. The van der Waals surface area contributed by atoms with E-state index in [-0.39, 0.29) is 16.3 Å². The van der Waals surface area contributed by atoms with E-state index in [1.54, 1.807) is 30.3 Å². The van der Waals surface area contributed by atoms with E-state index in [1.165, 1.54) is 12.1 Å². The molecule has 2 aromatic carbocycles. The Labute approximate surface area is 114 Å². The van der Waals surface area contributed by atoms with E-state index in [1.807, 2.05) is 0 Å². The maximum Gasteiger partial charge on any atom is 0.259 e. The standard InChI is InChI=1S/C13H9Cl2NO2/c14-8-4-6-9(7-5-8)16-13(18)10-2-1-3-11(15)12(10)17/h1-7,17H,(H,16,18). The lowest BCUT2D eigenvalue weighted by atomic mass is 10.2. The van der Waals surface area contributed by atoms with Gasteiger partial charge in [-0.25, -0.2) is 0 Å². The summed E-state index contributed by atoms with van der Waals surface area (Å²) < 4.78 is 0. The van der Waals surface area contributed by atoms with Crippen LogP contribution in [0.15, 0.2) is 42.5 Å². The summed E-state index contributed by atoms with van der Waals surface area (Å²) in [5, 5.41) is 13.0. The summed E-state index contributed by atoms with van der Waals surface area (Å²) in [4.78, 5) is 11.9. The molecule has 0 heterocycles. The van der Waals surface area contributed by atoms with E-state index in [4.69, 9.17) is 23.2 Å². The molecule has 0 saturated carbocycles. The quantitative estimate of drug-likeness (QED) is 0.876. The lowest BCUT2D eigenvalue weighted by molar-refractivity contribution is 0.102. The van der Waals surface area contributed by atoms with Gasteiger partial charge in [-0.2, -0.15) is 0 Å². The monoisotopic (exact) mass is 281 g/mol. The van der Waals surface area contributed by atoms with Crippen molar-refractivity contribution in [1.82, 2.24) is 0 Å². The first-order valence-corrected chi connectivity index (χ1v) is 5.88. The van der Waals surface area contributed by atoms with Gasteiger partial charge in [0.15, 0.2) is 0 Å². The minimum atomic E-state index is -0.433. The second-order valence-electron chi connectivity index (χ2n) is 3.60. The van der Waals surface area contributed by atoms with Crippen molar-refractivity contribution < 1.29 is 9.90 Å². The third-order valence-corrected chi connectivity index (χ3v) is 2.89. The van der Waals surface area contributed by atoms with Gasteiger partial charge >= 0.3 is 0 Å². The molecule has 0 spiro atoms. The summed E-state index contributed by atoms with van der Waals surface area (Å²) in [6.07, 6.45) is 0. The Kier molecular flexibility index (Phi) is 3.75. The number of anilines is 1. The van der Waals surface area contributed by atoms with Crippen molar-refractivity contribution in [3.63, 3.8) is 0 Å². The maximum absolute atomic E-state index is 11.9. The zero-order valence-corrected chi connectivity index (χ0v) is 10.7. The number of hydrogen-bond donors (Lipinski definition) is 2. The second kappa shape index (κ2) is 5.29. The molecular weight excluding hydrogens is 273 g/mol. The zero-order chi connectivity index (χ0) is 13.1. The average molecular weight is 282 g/mol. The number of nitrogens with one attached hydrogen (secondary N) is 1. The number of phenols is 1. The summed E-state index contributed by atoms with van der Waals surface area (Å²) in [7, 11) is 0. The van der Waals surface area contributed by atoms with Crippen LogP contribution < -0.4 is 5.32 Å². The summed E-state index contributed by atoms with van der Waals surface area (Å²) in [5.74, 6) is -0.664. The molecule has 0 saturated heterocycles. The molecule has 2 rings (SSSR count). The number of para-hydroxylation sites is 1. The number of phenolic OH excluding ortho intramolecular Hbond substituents is 1. The molecule has 0 aliphatic carbocycles. The number of carbonyl (C=O) groups is 1. The van der Waals surface area contributed by atoms with Gasteiger partial charge in [0.1, 0.15) is 5.75 Å². The highest BCUT2D eigenvalue weighted by molar-refractivity contribution is 6.32. The minimum absolute atomic E-state index is 0.123. The van der Waals surface area contributed by atoms with E-state index in [2.05, 4.69) is 5.32 Å². The lowest BCUT2D eigenvalue weighted by Gasteiger charge is -2.07. The molecule has 92 valence electrons. The van der Waals surface area contributed by atoms with Gasteiger partial charge in [-0.3, -0.25) is 4.79 Å². The summed E-state index contributed by atoms with van der Waals surface area (Å²) in [6.45, 7) is 0. The minimum Gasteiger partial charge on any atom is -0.506 e. The van der Waals surface area contributed by atoms with Crippen LogP contribution in [0, 0.1) is 0 Å². The van der Waals surface area contributed by atoms with Crippen LogP contribution >= 0.6 is 23.2 Å². The van der Waals surface area contributed by atoms with Crippen LogP contribution in [0.2, 0.25) is 10.0 Å². The molecule has 0 unspecified atom stereocenters. The van der Waals surface area contributed by atoms with Crippen LogP contribution in [0.3, 0.4) is 0 Å². The van der Waals surface area contributed by atoms with Gasteiger partial charge in [0.05, 0.1) is 10.6 Å². The molecular formula is C13H9Cl2NO2. The highest BCUT2D eigenvalue weighted by Crippen LogP contribution is 2.27. The van der Waals surface area contributed by atoms with Crippen LogP contribution in [0.25, 0.3) is 0 Å². The van der Waals surface area contributed by atoms with E-state index in [0.29, 0.717) is 10.7 Å². The van der Waals surface area contributed by atoms with E-state index < -0.39 is 5.91 Å². The number of amides is 1. The molecule has 1 amide bonds. The largest absolute Gasteiger partial charge is 0.506 e. The Bertz CT molecular complexity index is 582. The molecule has 0 atom stereocenters. The first kappa shape index (κ1) is 12.7. The van der Waals surface area contributed by atoms with Crippen molar-refractivity contribution in [2.24, 2.45) is 0 Å². The third-order valence-electron chi connectivity index (χ3n) is 2.33. The fraction of sp³-hybridized carbons (Fsp3) is 0. The third kappa shape index (κ3) is 2.75. The number of rotatable bonds is 2. The number of carbonyl (C=O) groups excluding carboxylic acids is 1. The van der Waals surface area contributed by atoms with Crippen molar-refractivity contribution in [1.29, 1.82) is 0 Å². The van der Waals surface area contributed by atoms with Gasteiger partial charge in [0, 0.05) is 10.7 Å². The van der Waals surface area contributed by atoms with Crippen molar-refractivity contribution in [2.45, 2.75) is 0 Å². The topological polar surface area (TPSA) is 49.3 Å². The molecule has 0 aliphatic rings. The fourth-order valence-corrected chi connectivity index (χ4v) is 1.73. The van der Waals surface area contributed by atoms with Crippen molar-refractivity contribution in [3.8, 4) is 5.75 Å². The van der Waals surface area contributed by atoms with Crippen LogP contribution in [-0.4, -0.2) is 11.0 Å². The Morgan fingerprint density at radius 3 is 2.39 bits per heavy atom. The van der Waals surface area contributed by atoms with Gasteiger partial charge in [0.25, 0.3) is 5.91 Å². The van der Waals surface area contributed by atoms with Gasteiger partial charge < -0.3 is 10.4 Å². The molecule has 0 bridgehead atoms. The first-order chi connectivity index (χ1) is 8.58.